The standard InChI is InChI=1S/C25H22N4O3/c1-2-29-25(31)22-11-7-6-10-21(22)23(28-29)24(30)27-26-16-18-12-14-20(15-13-18)32-17-19-8-4-3-5-9-19/h3-16H,2,17H2,1H3,(H,27,30)/b26-16+. The number of aromatic nitrogens is 2. The average molecular weight is 426 g/mol. The molecule has 0 atom stereocenters. The first-order valence-corrected chi connectivity index (χ1v) is 10.3. The van der Waals surface area contributed by atoms with Crippen LogP contribution >= 0.6 is 0 Å². The summed E-state index contributed by atoms with van der Waals surface area (Å²) in [5, 5.41) is 9.18. The van der Waals surface area contributed by atoms with Gasteiger partial charge in [-0.15, -0.1) is 0 Å². The molecule has 160 valence electrons. The molecule has 0 fully saturated rings. The van der Waals surface area contributed by atoms with Crippen molar-refractivity contribution in [2.75, 3.05) is 0 Å². The van der Waals surface area contributed by atoms with Gasteiger partial charge in [0.2, 0.25) is 0 Å². The number of fused-ring (bicyclic) bond motifs is 1. The zero-order valence-corrected chi connectivity index (χ0v) is 17.6. The monoisotopic (exact) mass is 426 g/mol. The summed E-state index contributed by atoms with van der Waals surface area (Å²) in [6.45, 7) is 2.66. The van der Waals surface area contributed by atoms with E-state index in [1.807, 2.05) is 54.6 Å². The fourth-order valence-electron chi connectivity index (χ4n) is 3.23. The SMILES string of the molecule is CCn1nc(C(=O)N/N=C/c2ccc(OCc3ccccc3)cc2)c2ccccc2c1=O. The third-order valence-electron chi connectivity index (χ3n) is 4.89. The molecule has 1 N–H and O–H groups in total. The number of rotatable bonds is 7. The van der Waals surface area contributed by atoms with E-state index in [0.717, 1.165) is 16.9 Å². The van der Waals surface area contributed by atoms with Gasteiger partial charge in [0.1, 0.15) is 12.4 Å². The highest BCUT2D eigenvalue weighted by Gasteiger charge is 2.15. The molecule has 0 spiro atoms. The van der Waals surface area contributed by atoms with Crippen molar-refractivity contribution in [2.45, 2.75) is 20.1 Å². The molecule has 4 rings (SSSR count). The Morgan fingerprint density at radius 1 is 1.00 bits per heavy atom. The summed E-state index contributed by atoms with van der Waals surface area (Å²) in [6, 6.07) is 24.2. The molecule has 3 aromatic carbocycles. The largest absolute Gasteiger partial charge is 0.489 e. The molecule has 7 nitrogen and oxygen atoms in total. The van der Waals surface area contributed by atoms with Crippen LogP contribution < -0.4 is 15.7 Å². The van der Waals surface area contributed by atoms with Gasteiger partial charge in [0, 0.05) is 11.9 Å². The molecule has 0 aliphatic carbocycles. The summed E-state index contributed by atoms with van der Waals surface area (Å²) >= 11 is 0. The topological polar surface area (TPSA) is 85.6 Å². The van der Waals surface area contributed by atoms with Gasteiger partial charge in [-0.1, -0.05) is 48.5 Å². The fourth-order valence-corrected chi connectivity index (χ4v) is 3.23. The number of aryl methyl sites for hydroxylation is 1. The van der Waals surface area contributed by atoms with Gasteiger partial charge in [-0.25, -0.2) is 10.1 Å². The number of ether oxygens (including phenoxy) is 1. The minimum Gasteiger partial charge on any atom is -0.489 e. The van der Waals surface area contributed by atoms with E-state index < -0.39 is 5.91 Å². The van der Waals surface area contributed by atoms with Crippen LogP contribution in [0.4, 0.5) is 0 Å². The molecule has 1 amide bonds. The summed E-state index contributed by atoms with van der Waals surface area (Å²) in [7, 11) is 0. The third-order valence-corrected chi connectivity index (χ3v) is 4.89. The predicted molar refractivity (Wildman–Crippen MR) is 124 cm³/mol. The van der Waals surface area contributed by atoms with Gasteiger partial charge >= 0.3 is 0 Å². The maximum absolute atomic E-state index is 12.7. The van der Waals surface area contributed by atoms with Crippen LogP contribution in [0.2, 0.25) is 0 Å². The van der Waals surface area contributed by atoms with Crippen molar-refractivity contribution < 1.29 is 9.53 Å². The van der Waals surface area contributed by atoms with Crippen molar-refractivity contribution in [3.8, 4) is 5.75 Å². The summed E-state index contributed by atoms with van der Waals surface area (Å²) in [4.78, 5) is 25.1. The number of nitrogens with zero attached hydrogens (tertiary/aromatic N) is 3. The Morgan fingerprint density at radius 3 is 2.41 bits per heavy atom. The van der Waals surface area contributed by atoms with Crippen molar-refractivity contribution in [3.63, 3.8) is 0 Å². The van der Waals surface area contributed by atoms with Gasteiger partial charge in [-0.3, -0.25) is 9.59 Å². The lowest BCUT2D eigenvalue weighted by molar-refractivity contribution is 0.0949. The molecule has 0 saturated carbocycles. The van der Waals surface area contributed by atoms with Crippen LogP contribution in [-0.4, -0.2) is 21.9 Å². The van der Waals surface area contributed by atoms with E-state index in [2.05, 4.69) is 15.6 Å². The van der Waals surface area contributed by atoms with E-state index >= 15 is 0 Å². The van der Waals surface area contributed by atoms with Crippen molar-refractivity contribution in [3.05, 3.63) is 106 Å². The molecule has 0 aliphatic rings. The first-order valence-electron chi connectivity index (χ1n) is 10.3. The van der Waals surface area contributed by atoms with Gasteiger partial charge < -0.3 is 4.74 Å². The second-order valence-corrected chi connectivity index (χ2v) is 7.06. The minimum atomic E-state index is -0.484. The first kappa shape index (κ1) is 21.0. The van der Waals surface area contributed by atoms with Gasteiger partial charge in [0.15, 0.2) is 5.69 Å². The van der Waals surface area contributed by atoms with E-state index in [-0.39, 0.29) is 11.3 Å². The maximum Gasteiger partial charge on any atom is 0.292 e. The van der Waals surface area contributed by atoms with Crippen LogP contribution in [0, 0.1) is 0 Å². The summed E-state index contributed by atoms with van der Waals surface area (Å²) in [5.74, 6) is 0.259. The number of benzene rings is 3. The lowest BCUT2D eigenvalue weighted by Crippen LogP contribution is -2.28. The molecule has 1 heterocycles. The second kappa shape index (κ2) is 9.70. The van der Waals surface area contributed by atoms with E-state index in [9.17, 15) is 9.59 Å². The molecule has 0 bridgehead atoms. The Kier molecular flexibility index (Phi) is 6.36. The van der Waals surface area contributed by atoms with Crippen LogP contribution in [0.3, 0.4) is 0 Å². The Hall–Kier alpha value is -4.26. The predicted octanol–water partition coefficient (Wildman–Crippen LogP) is 3.76. The number of hydrogen-bond acceptors (Lipinski definition) is 5. The zero-order valence-electron chi connectivity index (χ0n) is 17.6. The van der Waals surface area contributed by atoms with Crippen LogP contribution in [-0.2, 0) is 13.2 Å². The van der Waals surface area contributed by atoms with E-state index in [1.54, 1.807) is 31.2 Å². The molecule has 4 aromatic rings. The van der Waals surface area contributed by atoms with Crippen molar-refractivity contribution >= 4 is 22.9 Å². The Labute approximate surface area is 185 Å². The summed E-state index contributed by atoms with van der Waals surface area (Å²) in [6.07, 6.45) is 1.54. The number of carbonyl (C=O) groups excluding carboxylic acids is 1. The Balaban J connectivity index is 1.42. The van der Waals surface area contributed by atoms with Crippen molar-refractivity contribution in [1.29, 1.82) is 0 Å². The van der Waals surface area contributed by atoms with Gasteiger partial charge in [-0.05, 0) is 48.4 Å². The molecule has 0 aliphatic heterocycles. The highest BCUT2D eigenvalue weighted by Crippen LogP contribution is 2.14. The summed E-state index contributed by atoms with van der Waals surface area (Å²) in [5.41, 5.74) is 4.32. The quantitative estimate of drug-likeness (QED) is 0.360. The Bertz CT molecular complexity index is 1310. The maximum atomic E-state index is 12.7. The number of nitrogens with one attached hydrogen (secondary N) is 1. The first-order chi connectivity index (χ1) is 15.7. The van der Waals surface area contributed by atoms with Crippen molar-refractivity contribution in [2.24, 2.45) is 5.10 Å². The number of amides is 1. The highest BCUT2D eigenvalue weighted by atomic mass is 16.5. The van der Waals surface area contributed by atoms with Gasteiger partial charge in [-0.2, -0.15) is 10.2 Å². The third kappa shape index (κ3) is 4.73. The van der Waals surface area contributed by atoms with Crippen LogP contribution in [0.1, 0.15) is 28.5 Å². The lowest BCUT2D eigenvalue weighted by atomic mass is 10.1. The number of carbonyl (C=O) groups is 1. The van der Waals surface area contributed by atoms with Gasteiger partial charge in [0.25, 0.3) is 11.5 Å². The highest BCUT2D eigenvalue weighted by molar-refractivity contribution is 6.04. The molecular weight excluding hydrogens is 404 g/mol. The molecule has 0 radical (unpaired) electrons. The smallest absolute Gasteiger partial charge is 0.292 e. The lowest BCUT2D eigenvalue weighted by Gasteiger charge is -2.08. The zero-order chi connectivity index (χ0) is 22.3. The van der Waals surface area contributed by atoms with Gasteiger partial charge in [0.05, 0.1) is 11.6 Å². The molecule has 1 aromatic heterocycles. The Morgan fingerprint density at radius 2 is 1.69 bits per heavy atom. The fraction of sp³-hybridized carbons (Fsp3) is 0.120. The minimum absolute atomic E-state index is 0.156. The normalized spacial score (nSPS) is 11.0. The number of hydrazone groups is 1. The second-order valence-electron chi connectivity index (χ2n) is 7.06. The van der Waals surface area contributed by atoms with E-state index in [4.69, 9.17) is 4.74 Å². The number of hydrogen-bond donors (Lipinski definition) is 1. The van der Waals surface area contributed by atoms with Crippen molar-refractivity contribution in [1.82, 2.24) is 15.2 Å². The molecular formula is C25H22N4O3. The van der Waals surface area contributed by atoms with Crippen LogP contribution in [0.15, 0.2) is 88.8 Å². The molecule has 0 unspecified atom stereocenters. The molecule has 32 heavy (non-hydrogen) atoms. The van der Waals surface area contributed by atoms with E-state index in [0.29, 0.717) is 23.9 Å². The van der Waals surface area contributed by atoms with E-state index in [1.165, 1.54) is 10.9 Å². The average Bonchev–Trinajstić information content (AvgIpc) is 2.84. The van der Waals surface area contributed by atoms with Crippen LogP contribution in [0.5, 0.6) is 5.75 Å². The summed E-state index contributed by atoms with van der Waals surface area (Å²) < 4.78 is 7.04. The molecule has 7 heteroatoms. The molecule has 0 saturated heterocycles. The van der Waals surface area contributed by atoms with Crippen LogP contribution in [0.25, 0.3) is 10.8 Å².